The van der Waals surface area contributed by atoms with E-state index in [0.717, 1.165) is 26.3 Å². The Kier molecular flexibility index (Phi) is 5.42. The van der Waals surface area contributed by atoms with Crippen molar-refractivity contribution in [1.82, 2.24) is 24.7 Å². The fourth-order valence-electron chi connectivity index (χ4n) is 2.66. The number of nitrogens with two attached hydrogens (primary N) is 1. The molecule has 1 amide bonds. The lowest BCUT2D eigenvalue weighted by atomic mass is 10.2. The highest BCUT2D eigenvalue weighted by Crippen LogP contribution is 2.27. The average Bonchev–Trinajstić information content (AvgIpc) is 3.11. The Labute approximate surface area is 158 Å². The van der Waals surface area contributed by atoms with E-state index in [4.69, 9.17) is 5.73 Å². The molecular formula is C16H20N6O2S2. The standard InChI is InChI=1S/C16H20N6O2S2/c1-4-22-12(6-5-10(17)23)20-21-16(22)25-7-11-18-14(24)13-8(2)9(3)26-15(13)19-11/h4-7H2,1-3H3,(H2,17,23)(H,18,19,24). The van der Waals surface area contributed by atoms with Crippen molar-refractivity contribution in [1.29, 1.82) is 0 Å². The van der Waals surface area contributed by atoms with Gasteiger partial charge >= 0.3 is 0 Å². The number of nitrogens with zero attached hydrogens (tertiary/aromatic N) is 4. The second kappa shape index (κ2) is 7.58. The molecule has 0 spiro atoms. The van der Waals surface area contributed by atoms with E-state index in [0.29, 0.717) is 29.9 Å². The molecule has 0 aliphatic rings. The number of rotatable bonds is 7. The SMILES string of the molecule is CCn1c(CCC(N)=O)nnc1SCc1nc2sc(C)c(C)c2c(=O)[nH]1. The zero-order valence-electron chi connectivity index (χ0n) is 14.8. The van der Waals surface area contributed by atoms with Crippen LogP contribution in [0, 0.1) is 13.8 Å². The molecular weight excluding hydrogens is 372 g/mol. The number of carbonyl (C=O) groups excluding carboxylic acids is 1. The molecule has 26 heavy (non-hydrogen) atoms. The molecule has 3 rings (SSSR count). The van der Waals surface area contributed by atoms with E-state index in [2.05, 4.69) is 20.2 Å². The van der Waals surface area contributed by atoms with E-state index in [-0.39, 0.29) is 17.9 Å². The molecule has 0 aliphatic carbocycles. The summed E-state index contributed by atoms with van der Waals surface area (Å²) in [6, 6.07) is 0. The van der Waals surface area contributed by atoms with Gasteiger partial charge in [-0.05, 0) is 26.3 Å². The molecule has 10 heteroatoms. The molecule has 8 nitrogen and oxygen atoms in total. The van der Waals surface area contributed by atoms with Gasteiger partial charge in [0.15, 0.2) is 5.16 Å². The van der Waals surface area contributed by atoms with Crippen LogP contribution in [0.2, 0.25) is 0 Å². The highest BCUT2D eigenvalue weighted by molar-refractivity contribution is 7.98. The first-order chi connectivity index (χ1) is 12.4. The minimum atomic E-state index is -0.360. The van der Waals surface area contributed by atoms with Gasteiger partial charge in [0, 0.05) is 24.3 Å². The molecule has 3 aromatic heterocycles. The lowest BCUT2D eigenvalue weighted by Gasteiger charge is -2.06. The van der Waals surface area contributed by atoms with Crippen LogP contribution in [0.4, 0.5) is 0 Å². The van der Waals surface area contributed by atoms with Gasteiger partial charge in [0.2, 0.25) is 5.91 Å². The number of thiophene rings is 1. The first kappa shape index (κ1) is 18.6. The zero-order chi connectivity index (χ0) is 18.8. The lowest BCUT2D eigenvalue weighted by Crippen LogP contribution is -2.13. The van der Waals surface area contributed by atoms with Crippen molar-refractivity contribution < 1.29 is 4.79 Å². The molecule has 0 bridgehead atoms. The van der Waals surface area contributed by atoms with Crippen molar-refractivity contribution in [2.24, 2.45) is 5.73 Å². The number of hydrogen-bond acceptors (Lipinski definition) is 7. The van der Waals surface area contributed by atoms with Gasteiger partial charge in [-0.3, -0.25) is 9.59 Å². The summed E-state index contributed by atoms with van der Waals surface area (Å²) >= 11 is 2.99. The average molecular weight is 393 g/mol. The number of thioether (sulfide) groups is 1. The number of carbonyl (C=O) groups is 1. The summed E-state index contributed by atoms with van der Waals surface area (Å²) in [6.45, 7) is 6.62. The van der Waals surface area contributed by atoms with Crippen LogP contribution in [0.15, 0.2) is 9.95 Å². The largest absolute Gasteiger partial charge is 0.370 e. The van der Waals surface area contributed by atoms with Crippen molar-refractivity contribution >= 4 is 39.2 Å². The number of aromatic nitrogens is 5. The molecule has 0 saturated carbocycles. The molecule has 0 radical (unpaired) electrons. The summed E-state index contributed by atoms with van der Waals surface area (Å²) in [5.41, 5.74) is 6.09. The highest BCUT2D eigenvalue weighted by atomic mass is 32.2. The van der Waals surface area contributed by atoms with Crippen LogP contribution in [-0.4, -0.2) is 30.6 Å². The maximum atomic E-state index is 12.3. The Balaban J connectivity index is 1.80. The van der Waals surface area contributed by atoms with Gasteiger partial charge in [0.05, 0.1) is 11.1 Å². The number of H-pyrrole nitrogens is 1. The Morgan fingerprint density at radius 2 is 2.12 bits per heavy atom. The van der Waals surface area contributed by atoms with E-state index in [1.807, 2.05) is 25.3 Å². The summed E-state index contributed by atoms with van der Waals surface area (Å²) in [6.07, 6.45) is 0.705. The van der Waals surface area contributed by atoms with Gasteiger partial charge < -0.3 is 15.3 Å². The van der Waals surface area contributed by atoms with Gasteiger partial charge in [-0.2, -0.15) is 0 Å². The predicted octanol–water partition coefficient (Wildman–Crippen LogP) is 1.92. The first-order valence-corrected chi connectivity index (χ1v) is 10.0. The minimum absolute atomic E-state index is 0.105. The number of nitrogens with one attached hydrogen (secondary N) is 1. The third-order valence-electron chi connectivity index (χ3n) is 4.13. The molecule has 0 unspecified atom stereocenters. The number of amides is 1. The molecule has 3 heterocycles. The third kappa shape index (κ3) is 3.65. The molecule has 0 aromatic carbocycles. The fourth-order valence-corrected chi connectivity index (χ4v) is 4.60. The van der Waals surface area contributed by atoms with Crippen molar-refractivity contribution in [3.8, 4) is 0 Å². The van der Waals surface area contributed by atoms with Crippen LogP contribution in [0.3, 0.4) is 0 Å². The normalized spacial score (nSPS) is 11.3. The van der Waals surface area contributed by atoms with Gasteiger partial charge in [0.1, 0.15) is 16.5 Å². The van der Waals surface area contributed by atoms with Crippen LogP contribution < -0.4 is 11.3 Å². The monoisotopic (exact) mass is 392 g/mol. The van der Waals surface area contributed by atoms with Crippen LogP contribution in [-0.2, 0) is 23.5 Å². The maximum absolute atomic E-state index is 12.3. The summed E-state index contributed by atoms with van der Waals surface area (Å²) in [5.74, 6) is 1.46. The summed E-state index contributed by atoms with van der Waals surface area (Å²) < 4.78 is 1.95. The fraction of sp³-hybridized carbons (Fsp3) is 0.438. The Morgan fingerprint density at radius 1 is 1.35 bits per heavy atom. The number of primary amides is 1. The topological polar surface area (TPSA) is 120 Å². The smallest absolute Gasteiger partial charge is 0.259 e. The van der Waals surface area contributed by atoms with E-state index < -0.39 is 0 Å². The van der Waals surface area contributed by atoms with Gasteiger partial charge in [0.25, 0.3) is 5.56 Å². The van der Waals surface area contributed by atoms with Gasteiger partial charge in [-0.25, -0.2) is 4.98 Å². The highest BCUT2D eigenvalue weighted by Gasteiger charge is 2.15. The molecule has 138 valence electrons. The van der Waals surface area contributed by atoms with Crippen molar-refractivity contribution in [3.05, 3.63) is 32.4 Å². The van der Waals surface area contributed by atoms with Gasteiger partial charge in [-0.1, -0.05) is 11.8 Å². The number of aromatic amines is 1. The lowest BCUT2D eigenvalue weighted by molar-refractivity contribution is -0.118. The molecule has 0 aliphatic heterocycles. The molecule has 0 atom stereocenters. The van der Waals surface area contributed by atoms with Crippen LogP contribution in [0.25, 0.3) is 10.2 Å². The Morgan fingerprint density at radius 3 is 2.81 bits per heavy atom. The molecule has 3 aromatic rings. The predicted molar refractivity (Wildman–Crippen MR) is 102 cm³/mol. The van der Waals surface area contributed by atoms with Crippen LogP contribution in [0.1, 0.15) is 35.4 Å². The first-order valence-electron chi connectivity index (χ1n) is 8.22. The van der Waals surface area contributed by atoms with Gasteiger partial charge in [-0.15, -0.1) is 21.5 Å². The third-order valence-corrected chi connectivity index (χ3v) is 6.21. The molecule has 0 fully saturated rings. The van der Waals surface area contributed by atoms with E-state index in [1.54, 1.807) is 0 Å². The molecule has 0 saturated heterocycles. The second-order valence-electron chi connectivity index (χ2n) is 5.87. The number of aryl methyl sites for hydroxylation is 3. The van der Waals surface area contributed by atoms with Crippen molar-refractivity contribution in [2.75, 3.05) is 0 Å². The number of hydrogen-bond donors (Lipinski definition) is 2. The maximum Gasteiger partial charge on any atom is 0.259 e. The van der Waals surface area contributed by atoms with Crippen LogP contribution in [0.5, 0.6) is 0 Å². The summed E-state index contributed by atoms with van der Waals surface area (Å²) in [4.78, 5) is 32.6. The minimum Gasteiger partial charge on any atom is -0.370 e. The quantitative estimate of drug-likeness (QED) is 0.593. The Bertz CT molecular complexity index is 1020. The van der Waals surface area contributed by atoms with Crippen molar-refractivity contribution in [2.45, 2.75) is 51.1 Å². The Hall–Kier alpha value is -2.20. The summed E-state index contributed by atoms with van der Waals surface area (Å²) in [5, 5.41) is 9.74. The second-order valence-corrected chi connectivity index (χ2v) is 8.02. The molecule has 3 N–H and O–H groups in total. The van der Waals surface area contributed by atoms with E-state index >= 15 is 0 Å². The van der Waals surface area contributed by atoms with E-state index in [1.165, 1.54) is 23.1 Å². The summed E-state index contributed by atoms with van der Waals surface area (Å²) in [7, 11) is 0. The zero-order valence-corrected chi connectivity index (χ0v) is 16.5. The number of fused-ring (bicyclic) bond motifs is 1. The van der Waals surface area contributed by atoms with Crippen LogP contribution >= 0.6 is 23.1 Å². The van der Waals surface area contributed by atoms with Crippen molar-refractivity contribution in [3.63, 3.8) is 0 Å². The van der Waals surface area contributed by atoms with E-state index in [9.17, 15) is 9.59 Å².